The van der Waals surface area contributed by atoms with Crippen molar-refractivity contribution in [3.8, 4) is 0 Å². The Morgan fingerprint density at radius 2 is 1.52 bits per heavy atom. The molecule has 0 saturated carbocycles. The number of nitrogens with zero attached hydrogens (tertiary/aromatic N) is 2. The van der Waals surface area contributed by atoms with Gasteiger partial charge in [0.1, 0.15) is 0 Å². The van der Waals surface area contributed by atoms with Crippen LogP contribution in [0, 0.1) is 6.92 Å². The van der Waals surface area contributed by atoms with E-state index < -0.39 is 10.0 Å². The summed E-state index contributed by atoms with van der Waals surface area (Å²) in [6, 6.07) is 12.3. The number of carbonyl (C=O) groups excluding carboxylic acids is 1. The summed E-state index contributed by atoms with van der Waals surface area (Å²) in [6.07, 6.45) is 0. The third kappa shape index (κ3) is 4.90. The van der Waals surface area contributed by atoms with Gasteiger partial charge in [-0.3, -0.25) is 4.79 Å². The van der Waals surface area contributed by atoms with Gasteiger partial charge in [0.05, 0.1) is 31.3 Å². The molecule has 0 atom stereocenters. The Hall–Kier alpha value is -2.46. The predicted molar refractivity (Wildman–Crippen MR) is 118 cm³/mol. The third-order valence-corrected chi connectivity index (χ3v) is 7.46. The Morgan fingerprint density at radius 3 is 2.16 bits per heavy atom. The topological polar surface area (TPSA) is 88.2 Å². The van der Waals surface area contributed by atoms with Gasteiger partial charge < -0.3 is 19.7 Å². The lowest BCUT2D eigenvalue weighted by atomic mass is 10.1. The molecule has 9 heteroatoms. The van der Waals surface area contributed by atoms with Gasteiger partial charge >= 0.3 is 0 Å². The highest BCUT2D eigenvalue weighted by molar-refractivity contribution is 7.89. The smallest absolute Gasteiger partial charge is 0.255 e. The van der Waals surface area contributed by atoms with Gasteiger partial charge in [-0.2, -0.15) is 4.31 Å². The summed E-state index contributed by atoms with van der Waals surface area (Å²) in [5.74, 6) is -0.337. The second-order valence-electron chi connectivity index (χ2n) is 7.59. The van der Waals surface area contributed by atoms with Gasteiger partial charge in [0.2, 0.25) is 10.0 Å². The Labute approximate surface area is 182 Å². The number of sulfonamides is 1. The van der Waals surface area contributed by atoms with E-state index in [0.29, 0.717) is 56.3 Å². The van der Waals surface area contributed by atoms with Crippen molar-refractivity contribution in [2.45, 2.75) is 11.8 Å². The van der Waals surface area contributed by atoms with Crippen LogP contribution in [0.3, 0.4) is 0 Å². The van der Waals surface area contributed by atoms with E-state index in [4.69, 9.17) is 9.47 Å². The number of hydrogen-bond donors (Lipinski definition) is 1. The summed E-state index contributed by atoms with van der Waals surface area (Å²) in [5, 5.41) is 2.88. The number of aryl methyl sites for hydroxylation is 1. The van der Waals surface area contributed by atoms with E-state index in [9.17, 15) is 13.2 Å². The zero-order chi connectivity index (χ0) is 21.8. The van der Waals surface area contributed by atoms with Gasteiger partial charge in [0, 0.05) is 43.1 Å². The van der Waals surface area contributed by atoms with Crippen LogP contribution in [0.2, 0.25) is 0 Å². The van der Waals surface area contributed by atoms with Crippen LogP contribution in [0.25, 0.3) is 0 Å². The highest BCUT2D eigenvalue weighted by atomic mass is 32.2. The molecule has 166 valence electrons. The van der Waals surface area contributed by atoms with Gasteiger partial charge in [-0.15, -0.1) is 0 Å². The monoisotopic (exact) mass is 445 g/mol. The molecule has 4 rings (SSSR count). The van der Waals surface area contributed by atoms with Gasteiger partial charge in [0.25, 0.3) is 5.91 Å². The van der Waals surface area contributed by atoms with Crippen LogP contribution >= 0.6 is 0 Å². The van der Waals surface area contributed by atoms with E-state index in [1.807, 2.05) is 24.3 Å². The molecule has 2 aliphatic rings. The molecule has 0 aromatic heterocycles. The lowest BCUT2D eigenvalue weighted by Crippen LogP contribution is -2.40. The first-order chi connectivity index (χ1) is 14.9. The summed E-state index contributed by atoms with van der Waals surface area (Å²) < 4.78 is 37.9. The minimum atomic E-state index is -3.67. The number of amides is 1. The van der Waals surface area contributed by atoms with E-state index >= 15 is 0 Å². The van der Waals surface area contributed by atoms with Crippen molar-refractivity contribution in [1.82, 2.24) is 4.31 Å². The maximum Gasteiger partial charge on any atom is 0.255 e. The molecule has 2 aromatic carbocycles. The average molecular weight is 446 g/mol. The molecule has 1 amide bonds. The summed E-state index contributed by atoms with van der Waals surface area (Å²) in [5.41, 5.74) is 2.79. The lowest BCUT2D eigenvalue weighted by molar-refractivity contribution is 0.0730. The fourth-order valence-corrected chi connectivity index (χ4v) is 5.15. The van der Waals surface area contributed by atoms with Gasteiger partial charge in [-0.1, -0.05) is 6.07 Å². The minimum Gasteiger partial charge on any atom is -0.379 e. The maximum atomic E-state index is 12.9. The zero-order valence-corrected chi connectivity index (χ0v) is 18.4. The highest BCUT2D eigenvalue weighted by Crippen LogP contribution is 2.23. The minimum absolute atomic E-state index is 0.118. The number of nitrogens with one attached hydrogen (secondary N) is 1. The van der Waals surface area contributed by atoms with E-state index in [0.717, 1.165) is 18.8 Å². The first kappa shape index (κ1) is 21.8. The molecule has 0 spiro atoms. The summed E-state index contributed by atoms with van der Waals surface area (Å²) in [4.78, 5) is 15.3. The van der Waals surface area contributed by atoms with Crippen LogP contribution in [-0.2, 0) is 19.5 Å². The largest absolute Gasteiger partial charge is 0.379 e. The average Bonchev–Trinajstić information content (AvgIpc) is 2.81. The molecule has 1 N–H and O–H groups in total. The van der Waals surface area contributed by atoms with Gasteiger partial charge in [0.15, 0.2) is 0 Å². The Morgan fingerprint density at radius 1 is 0.903 bits per heavy atom. The van der Waals surface area contributed by atoms with Crippen LogP contribution in [0.5, 0.6) is 0 Å². The van der Waals surface area contributed by atoms with Crippen LogP contribution in [-0.4, -0.2) is 71.2 Å². The zero-order valence-electron chi connectivity index (χ0n) is 17.5. The molecule has 2 saturated heterocycles. The van der Waals surface area contributed by atoms with Crippen molar-refractivity contribution in [3.05, 3.63) is 53.6 Å². The van der Waals surface area contributed by atoms with E-state index in [1.54, 1.807) is 19.1 Å². The molecule has 2 aromatic rings. The van der Waals surface area contributed by atoms with Crippen molar-refractivity contribution in [3.63, 3.8) is 0 Å². The lowest BCUT2D eigenvalue weighted by Gasteiger charge is -2.28. The number of anilines is 2. The SMILES string of the molecule is Cc1ccc(S(=O)(=O)N2CCOCC2)cc1C(=O)Nc1ccc(N2CCOCC2)cc1. The van der Waals surface area contributed by atoms with Crippen molar-refractivity contribution < 1.29 is 22.7 Å². The molecule has 2 heterocycles. The van der Waals surface area contributed by atoms with Crippen molar-refractivity contribution in [1.29, 1.82) is 0 Å². The molecule has 2 aliphatic heterocycles. The standard InChI is InChI=1S/C22H27N3O5S/c1-17-2-7-20(31(27,28)25-10-14-30-15-11-25)16-21(17)22(26)23-18-3-5-19(6-4-18)24-8-12-29-13-9-24/h2-7,16H,8-15H2,1H3,(H,23,26). The summed E-state index contributed by atoms with van der Waals surface area (Å²) >= 11 is 0. The summed E-state index contributed by atoms with van der Waals surface area (Å²) in [7, 11) is -3.67. The van der Waals surface area contributed by atoms with Crippen molar-refractivity contribution in [2.75, 3.05) is 62.8 Å². The van der Waals surface area contributed by atoms with Crippen LogP contribution < -0.4 is 10.2 Å². The van der Waals surface area contributed by atoms with Crippen LogP contribution in [0.1, 0.15) is 15.9 Å². The number of carbonyl (C=O) groups is 1. The van der Waals surface area contributed by atoms with Gasteiger partial charge in [-0.05, 0) is 48.9 Å². The Balaban J connectivity index is 1.50. The number of hydrogen-bond acceptors (Lipinski definition) is 6. The number of ether oxygens (including phenoxy) is 2. The molecule has 0 unspecified atom stereocenters. The fraction of sp³-hybridized carbons (Fsp3) is 0.409. The normalized spacial score (nSPS) is 18.0. The first-order valence-corrected chi connectivity index (χ1v) is 11.8. The number of rotatable bonds is 5. The third-order valence-electron chi connectivity index (χ3n) is 5.56. The summed E-state index contributed by atoms with van der Waals surface area (Å²) in [6.45, 7) is 6.27. The predicted octanol–water partition coefficient (Wildman–Crippen LogP) is 2.10. The molecular formula is C22H27N3O5S. The molecule has 2 fully saturated rings. The maximum absolute atomic E-state index is 12.9. The van der Waals surface area contributed by atoms with Gasteiger partial charge in [-0.25, -0.2) is 8.42 Å². The van der Waals surface area contributed by atoms with Crippen molar-refractivity contribution in [2.24, 2.45) is 0 Å². The van der Waals surface area contributed by atoms with Crippen LogP contribution in [0.4, 0.5) is 11.4 Å². The van der Waals surface area contributed by atoms with E-state index in [-0.39, 0.29) is 10.8 Å². The molecule has 0 aliphatic carbocycles. The molecule has 8 nitrogen and oxygen atoms in total. The number of morpholine rings is 2. The second kappa shape index (κ2) is 9.35. The Kier molecular flexibility index (Phi) is 6.57. The van der Waals surface area contributed by atoms with Crippen molar-refractivity contribution >= 4 is 27.3 Å². The molecule has 0 radical (unpaired) electrons. The Bertz CT molecular complexity index is 1030. The van der Waals surface area contributed by atoms with E-state index in [2.05, 4.69) is 10.2 Å². The quantitative estimate of drug-likeness (QED) is 0.758. The highest BCUT2D eigenvalue weighted by Gasteiger charge is 2.27. The van der Waals surface area contributed by atoms with E-state index in [1.165, 1.54) is 10.4 Å². The first-order valence-electron chi connectivity index (χ1n) is 10.4. The fourth-order valence-electron chi connectivity index (χ4n) is 3.72. The number of benzene rings is 2. The second-order valence-corrected chi connectivity index (χ2v) is 9.53. The molecule has 31 heavy (non-hydrogen) atoms. The molecule has 0 bridgehead atoms. The van der Waals surface area contributed by atoms with Crippen LogP contribution in [0.15, 0.2) is 47.4 Å². The molecular weight excluding hydrogens is 418 g/mol.